The number of H-pyrrole nitrogens is 1. The fourth-order valence-corrected chi connectivity index (χ4v) is 0.783. The second kappa shape index (κ2) is 2.83. The molecule has 0 spiro atoms. The van der Waals surface area contributed by atoms with E-state index >= 15 is 0 Å². The van der Waals surface area contributed by atoms with Gasteiger partial charge in [-0.1, -0.05) is 0 Å². The highest BCUT2D eigenvalue weighted by Gasteiger charge is 2.05. The maximum absolute atomic E-state index is 10.7. The minimum Gasteiger partial charge on any atom is -0.358 e. The topological polar surface area (TPSA) is 76.0 Å². The third-order valence-electron chi connectivity index (χ3n) is 1.04. The van der Waals surface area contributed by atoms with E-state index in [0.717, 1.165) is 0 Å². The summed E-state index contributed by atoms with van der Waals surface area (Å²) in [7, 11) is 0. The van der Waals surface area contributed by atoms with Crippen LogP contribution in [0.4, 0.5) is 5.82 Å². The maximum atomic E-state index is 10.7. The molecule has 0 atom stereocenters. The van der Waals surface area contributed by atoms with Gasteiger partial charge in [0.05, 0.1) is 0 Å². The number of halogens is 1. The molecule has 1 heterocycles. The first-order valence-electron chi connectivity index (χ1n) is 2.64. The molecule has 0 aliphatic rings. The van der Waals surface area contributed by atoms with Crippen molar-refractivity contribution in [2.45, 2.75) is 0 Å². The highest BCUT2D eigenvalue weighted by molar-refractivity contribution is 9.10. The number of nitrogens with one attached hydrogen (secondary N) is 1. The fraction of sp³-hybridized carbons (Fsp3) is 0. The van der Waals surface area contributed by atoms with Crippen LogP contribution in [0.5, 0.6) is 0 Å². The van der Waals surface area contributed by atoms with Gasteiger partial charge in [0.25, 0.3) is 0 Å². The Hall–Kier alpha value is -1.17. The molecule has 1 rings (SSSR count). The van der Waals surface area contributed by atoms with Gasteiger partial charge in [-0.15, -0.1) is 0 Å². The van der Waals surface area contributed by atoms with E-state index in [1.54, 1.807) is 0 Å². The third-order valence-corrected chi connectivity index (χ3v) is 1.67. The summed E-state index contributed by atoms with van der Waals surface area (Å²) in [6.07, 6.45) is 0. The summed E-state index contributed by atoms with van der Waals surface area (Å²) < 4.78 is 0.281. The van der Waals surface area contributed by atoms with Gasteiger partial charge in [-0.25, -0.2) is 9.78 Å². The van der Waals surface area contributed by atoms with E-state index in [4.69, 9.17) is 0 Å². The van der Waals surface area contributed by atoms with Crippen molar-refractivity contribution in [3.8, 4) is 0 Å². The molecular weight excluding hydrogens is 216 g/mol. The Kier molecular flexibility index (Phi) is 2.04. The van der Waals surface area contributed by atoms with Crippen molar-refractivity contribution >= 4 is 21.7 Å². The monoisotopic (exact) mass is 218 g/mol. The Labute approximate surface area is 69.3 Å². The van der Waals surface area contributed by atoms with Crippen LogP contribution >= 0.6 is 15.9 Å². The number of nitrogens with zero attached hydrogens (tertiary/aromatic N) is 1. The summed E-state index contributed by atoms with van der Waals surface area (Å²) in [5, 5.41) is 10.1. The summed E-state index contributed by atoms with van der Waals surface area (Å²) in [6, 6.07) is 2.54. The average molecular weight is 219 g/mol. The smallest absolute Gasteiger partial charge is 0.346 e. The minimum absolute atomic E-state index is 0.281. The molecular formula is C5H3BrN2O3. The number of pyridine rings is 1. The van der Waals surface area contributed by atoms with Gasteiger partial charge in [0.2, 0.25) is 0 Å². The van der Waals surface area contributed by atoms with Gasteiger partial charge < -0.3 is 10.1 Å². The zero-order chi connectivity index (χ0) is 8.43. The van der Waals surface area contributed by atoms with Gasteiger partial charge in [-0.2, -0.15) is 0 Å². The van der Waals surface area contributed by atoms with E-state index in [2.05, 4.69) is 20.9 Å². The lowest BCUT2D eigenvalue weighted by molar-refractivity contribution is -0.389. The molecule has 0 aliphatic heterocycles. The van der Waals surface area contributed by atoms with E-state index < -0.39 is 10.5 Å². The van der Waals surface area contributed by atoms with Crippen LogP contribution in [0.2, 0.25) is 0 Å². The van der Waals surface area contributed by atoms with Crippen molar-refractivity contribution < 1.29 is 4.92 Å². The molecule has 0 saturated heterocycles. The van der Waals surface area contributed by atoms with Gasteiger partial charge in [-0.05, 0) is 26.9 Å². The van der Waals surface area contributed by atoms with Gasteiger partial charge in [0.1, 0.15) is 4.47 Å². The van der Waals surface area contributed by atoms with Crippen molar-refractivity contribution in [1.82, 2.24) is 4.98 Å². The molecule has 0 saturated carbocycles. The molecule has 0 fully saturated rings. The second-order valence-corrected chi connectivity index (χ2v) is 2.63. The number of rotatable bonds is 1. The summed E-state index contributed by atoms with van der Waals surface area (Å²) in [5.74, 6) is -0.307. The standard InChI is InChI=1S/C5H3BrN2O3/c6-3-1-2-4(8(10)11)7-5(3)9/h1-2H,(H,7,9). The molecule has 0 bridgehead atoms. The van der Waals surface area contributed by atoms with E-state index in [0.29, 0.717) is 0 Å². The quantitative estimate of drug-likeness (QED) is 0.566. The van der Waals surface area contributed by atoms with Crippen LogP contribution in [0.3, 0.4) is 0 Å². The molecule has 6 heteroatoms. The van der Waals surface area contributed by atoms with Gasteiger partial charge in [0.15, 0.2) is 0 Å². The number of nitro groups is 1. The molecule has 1 aromatic heterocycles. The SMILES string of the molecule is O=c1[nH]c([N+](=O)[O-])ccc1Br. The zero-order valence-electron chi connectivity index (χ0n) is 5.20. The van der Waals surface area contributed by atoms with E-state index in [1.165, 1.54) is 12.1 Å². The minimum atomic E-state index is -0.659. The van der Waals surface area contributed by atoms with Crippen molar-refractivity contribution in [1.29, 1.82) is 0 Å². The lowest BCUT2D eigenvalue weighted by Gasteiger charge is -1.91. The van der Waals surface area contributed by atoms with Crippen LogP contribution in [0.15, 0.2) is 21.4 Å². The van der Waals surface area contributed by atoms with Crippen LogP contribution < -0.4 is 5.56 Å². The second-order valence-electron chi connectivity index (χ2n) is 1.78. The predicted molar refractivity (Wildman–Crippen MR) is 41.4 cm³/mol. The van der Waals surface area contributed by atoms with Gasteiger partial charge >= 0.3 is 11.4 Å². The molecule has 5 nitrogen and oxygen atoms in total. The number of hydrogen-bond acceptors (Lipinski definition) is 3. The van der Waals surface area contributed by atoms with Gasteiger partial charge in [0, 0.05) is 6.07 Å². The molecule has 0 aliphatic carbocycles. The first-order chi connectivity index (χ1) is 5.11. The first kappa shape index (κ1) is 7.93. The Morgan fingerprint density at radius 1 is 1.55 bits per heavy atom. The number of aromatic nitrogens is 1. The van der Waals surface area contributed by atoms with E-state index in [9.17, 15) is 14.9 Å². The molecule has 0 amide bonds. The van der Waals surface area contributed by atoms with Crippen LogP contribution in [0.1, 0.15) is 0 Å². The van der Waals surface area contributed by atoms with Crippen LogP contribution in [0, 0.1) is 10.1 Å². The van der Waals surface area contributed by atoms with Crippen molar-refractivity contribution in [3.05, 3.63) is 37.1 Å². The summed E-state index contributed by atoms with van der Waals surface area (Å²) in [6.45, 7) is 0. The van der Waals surface area contributed by atoms with Crippen LogP contribution in [-0.2, 0) is 0 Å². The molecule has 1 aromatic rings. The summed E-state index contributed by atoms with van der Waals surface area (Å²) in [4.78, 5) is 22.2. The summed E-state index contributed by atoms with van der Waals surface area (Å²) in [5.41, 5.74) is -0.501. The average Bonchev–Trinajstić information content (AvgIpc) is 1.94. The Morgan fingerprint density at radius 3 is 2.64 bits per heavy atom. The van der Waals surface area contributed by atoms with Crippen LogP contribution in [-0.4, -0.2) is 9.91 Å². The zero-order valence-corrected chi connectivity index (χ0v) is 6.79. The lowest BCUT2D eigenvalue weighted by atomic mass is 10.5. The van der Waals surface area contributed by atoms with Crippen molar-refractivity contribution in [3.63, 3.8) is 0 Å². The van der Waals surface area contributed by atoms with Crippen molar-refractivity contribution in [2.24, 2.45) is 0 Å². The molecule has 11 heavy (non-hydrogen) atoms. The molecule has 1 N–H and O–H groups in total. The predicted octanol–water partition coefficient (Wildman–Crippen LogP) is 1.05. The summed E-state index contributed by atoms with van der Waals surface area (Å²) >= 11 is 2.91. The molecule has 58 valence electrons. The fourth-order valence-electron chi connectivity index (χ4n) is 0.552. The largest absolute Gasteiger partial charge is 0.358 e. The van der Waals surface area contributed by atoms with E-state index in [-0.39, 0.29) is 10.3 Å². The van der Waals surface area contributed by atoms with Crippen LogP contribution in [0.25, 0.3) is 0 Å². The van der Waals surface area contributed by atoms with Crippen molar-refractivity contribution in [2.75, 3.05) is 0 Å². The Balaban J connectivity index is 3.26. The molecule has 0 unspecified atom stereocenters. The normalized spacial score (nSPS) is 9.55. The lowest BCUT2D eigenvalue weighted by Crippen LogP contribution is -2.08. The maximum Gasteiger partial charge on any atom is 0.346 e. The Bertz CT molecular complexity index is 346. The first-order valence-corrected chi connectivity index (χ1v) is 3.44. The number of aromatic amines is 1. The highest BCUT2D eigenvalue weighted by atomic mass is 79.9. The van der Waals surface area contributed by atoms with Gasteiger partial charge in [-0.3, -0.25) is 0 Å². The Morgan fingerprint density at radius 2 is 2.18 bits per heavy atom. The third kappa shape index (κ3) is 1.64. The molecule has 0 radical (unpaired) electrons. The highest BCUT2D eigenvalue weighted by Crippen LogP contribution is 2.06. The molecule has 0 aromatic carbocycles. The van der Waals surface area contributed by atoms with E-state index in [1.807, 2.05) is 0 Å². The number of hydrogen-bond donors (Lipinski definition) is 1.